The number of allylic oxidation sites excluding steroid dienone is 1. The Morgan fingerprint density at radius 3 is 2.24 bits per heavy atom. The molecular weight excluding hydrogens is 398 g/mol. The molecule has 1 aliphatic rings. The van der Waals surface area contributed by atoms with E-state index >= 15 is 0 Å². The van der Waals surface area contributed by atoms with Gasteiger partial charge < -0.3 is 15.1 Å². The minimum atomic E-state index is -2.85. The van der Waals surface area contributed by atoms with Crippen molar-refractivity contribution in [3.63, 3.8) is 0 Å². The molecule has 2 rings (SSSR count). The SMILES string of the molecule is C#C.C/C=C\N=C(CNc1ccc(C(C)(F)F)cc1)N1CCN(C(=O)CCl)CC1. The number of carbonyl (C=O) groups excluding carboxylic acids is 1. The summed E-state index contributed by atoms with van der Waals surface area (Å²) in [6, 6.07) is 6.11. The highest BCUT2D eigenvalue weighted by Gasteiger charge is 2.24. The lowest BCUT2D eigenvalue weighted by Crippen LogP contribution is -2.52. The predicted molar refractivity (Wildman–Crippen MR) is 116 cm³/mol. The maximum Gasteiger partial charge on any atom is 0.270 e. The highest BCUT2D eigenvalue weighted by atomic mass is 35.5. The molecule has 0 saturated carbocycles. The Hall–Kier alpha value is -2.59. The zero-order chi connectivity index (χ0) is 21.9. The Labute approximate surface area is 176 Å². The molecule has 0 unspecified atom stereocenters. The summed E-state index contributed by atoms with van der Waals surface area (Å²) in [6.45, 7) is 5.75. The largest absolute Gasteiger partial charge is 0.378 e. The highest BCUT2D eigenvalue weighted by Crippen LogP contribution is 2.27. The second-order valence-electron chi connectivity index (χ2n) is 6.35. The first-order valence-corrected chi connectivity index (χ1v) is 9.70. The van der Waals surface area contributed by atoms with Gasteiger partial charge in [0.2, 0.25) is 5.91 Å². The summed E-state index contributed by atoms with van der Waals surface area (Å²) >= 11 is 5.61. The lowest BCUT2D eigenvalue weighted by molar-refractivity contribution is -0.129. The van der Waals surface area contributed by atoms with Gasteiger partial charge in [-0.05, 0) is 19.1 Å². The summed E-state index contributed by atoms with van der Waals surface area (Å²) in [5, 5.41) is 3.22. The number of carbonyl (C=O) groups is 1. The maximum atomic E-state index is 13.3. The average Bonchev–Trinajstić information content (AvgIpc) is 2.74. The Balaban J connectivity index is 0.00000204. The molecule has 1 amide bonds. The number of amidine groups is 1. The molecule has 0 aromatic heterocycles. The van der Waals surface area contributed by atoms with Gasteiger partial charge in [0.25, 0.3) is 5.92 Å². The summed E-state index contributed by atoms with van der Waals surface area (Å²) < 4.78 is 26.6. The first-order valence-electron chi connectivity index (χ1n) is 9.17. The van der Waals surface area contributed by atoms with Crippen LogP contribution in [0.1, 0.15) is 19.4 Å². The van der Waals surface area contributed by atoms with Crippen molar-refractivity contribution in [2.24, 2.45) is 4.99 Å². The van der Waals surface area contributed by atoms with Crippen LogP contribution in [0.25, 0.3) is 0 Å². The summed E-state index contributed by atoms with van der Waals surface area (Å²) in [6.07, 6.45) is 11.6. The molecule has 0 aliphatic carbocycles. The zero-order valence-corrected chi connectivity index (χ0v) is 17.5. The molecule has 0 bridgehead atoms. The average molecular weight is 425 g/mol. The van der Waals surface area contributed by atoms with Gasteiger partial charge in [0, 0.05) is 50.6 Å². The van der Waals surface area contributed by atoms with E-state index in [1.807, 2.05) is 13.0 Å². The Morgan fingerprint density at radius 2 is 1.76 bits per heavy atom. The van der Waals surface area contributed by atoms with Crippen LogP contribution in [-0.2, 0) is 10.7 Å². The first-order chi connectivity index (χ1) is 13.8. The highest BCUT2D eigenvalue weighted by molar-refractivity contribution is 6.27. The molecule has 8 heteroatoms. The smallest absolute Gasteiger partial charge is 0.270 e. The van der Waals surface area contributed by atoms with Crippen LogP contribution >= 0.6 is 11.6 Å². The number of hydrogen-bond acceptors (Lipinski definition) is 3. The number of aliphatic imine (C=N–C) groups is 1. The fourth-order valence-electron chi connectivity index (χ4n) is 2.76. The van der Waals surface area contributed by atoms with E-state index < -0.39 is 5.92 Å². The van der Waals surface area contributed by atoms with E-state index in [1.165, 1.54) is 12.1 Å². The van der Waals surface area contributed by atoms with E-state index in [2.05, 4.69) is 28.1 Å². The number of nitrogens with zero attached hydrogens (tertiary/aromatic N) is 3. The number of amides is 1. The second kappa shape index (κ2) is 12.1. The fraction of sp³-hybridized carbons (Fsp3) is 0.429. The number of terminal acetylenes is 1. The van der Waals surface area contributed by atoms with E-state index in [0.717, 1.165) is 18.4 Å². The van der Waals surface area contributed by atoms with Crippen molar-refractivity contribution in [3.05, 3.63) is 42.1 Å². The molecule has 0 radical (unpaired) electrons. The van der Waals surface area contributed by atoms with Gasteiger partial charge in [-0.2, -0.15) is 0 Å². The van der Waals surface area contributed by atoms with Crippen molar-refractivity contribution < 1.29 is 13.6 Å². The van der Waals surface area contributed by atoms with Crippen LogP contribution in [0.15, 0.2) is 41.5 Å². The fourth-order valence-corrected chi connectivity index (χ4v) is 2.93. The molecule has 1 aliphatic heterocycles. The summed E-state index contributed by atoms with van der Waals surface area (Å²) in [5.41, 5.74) is 0.725. The molecule has 0 atom stereocenters. The summed E-state index contributed by atoms with van der Waals surface area (Å²) in [5.74, 6) is -2.09. The van der Waals surface area contributed by atoms with Crippen LogP contribution in [0, 0.1) is 12.8 Å². The van der Waals surface area contributed by atoms with Gasteiger partial charge in [0.1, 0.15) is 11.7 Å². The van der Waals surface area contributed by atoms with Gasteiger partial charge in [-0.15, -0.1) is 24.4 Å². The molecule has 1 fully saturated rings. The summed E-state index contributed by atoms with van der Waals surface area (Å²) in [4.78, 5) is 20.0. The van der Waals surface area contributed by atoms with Crippen molar-refractivity contribution in [2.75, 3.05) is 43.9 Å². The van der Waals surface area contributed by atoms with Gasteiger partial charge in [0.05, 0.1) is 6.54 Å². The van der Waals surface area contributed by atoms with Crippen LogP contribution in [0.3, 0.4) is 0 Å². The minimum Gasteiger partial charge on any atom is -0.378 e. The number of alkyl halides is 3. The predicted octanol–water partition coefficient (Wildman–Crippen LogP) is 3.77. The molecule has 158 valence electrons. The third kappa shape index (κ3) is 7.74. The Morgan fingerprint density at radius 1 is 1.21 bits per heavy atom. The van der Waals surface area contributed by atoms with Crippen LogP contribution in [0.5, 0.6) is 0 Å². The minimum absolute atomic E-state index is 0.00608. The van der Waals surface area contributed by atoms with Gasteiger partial charge in [-0.3, -0.25) is 4.79 Å². The lowest BCUT2D eigenvalue weighted by Gasteiger charge is -2.36. The normalized spacial score (nSPS) is 15.1. The number of anilines is 1. The van der Waals surface area contributed by atoms with Crippen molar-refractivity contribution in [2.45, 2.75) is 19.8 Å². The molecule has 5 nitrogen and oxygen atoms in total. The van der Waals surface area contributed by atoms with E-state index in [1.54, 1.807) is 23.2 Å². The molecule has 1 heterocycles. The number of rotatable bonds is 6. The number of nitrogens with one attached hydrogen (secondary N) is 1. The number of hydrogen-bond donors (Lipinski definition) is 1. The van der Waals surface area contributed by atoms with E-state index in [0.29, 0.717) is 32.7 Å². The summed E-state index contributed by atoms with van der Waals surface area (Å²) in [7, 11) is 0. The van der Waals surface area contributed by atoms with Gasteiger partial charge in [-0.25, -0.2) is 13.8 Å². The van der Waals surface area contributed by atoms with Crippen LogP contribution in [0.2, 0.25) is 0 Å². The molecule has 1 aromatic rings. The second-order valence-corrected chi connectivity index (χ2v) is 6.62. The van der Waals surface area contributed by atoms with Crippen LogP contribution in [-0.4, -0.2) is 60.1 Å². The van der Waals surface area contributed by atoms with Gasteiger partial charge >= 0.3 is 0 Å². The molecule has 1 aromatic carbocycles. The number of halogens is 3. The standard InChI is InChI=1S/C19H25ClF2N4O.C2H2/c1-3-8-23-17(25-9-11-26(12-10-25)18(27)13-20)14-24-16-6-4-15(5-7-16)19(2,21)22;1-2/h3-8,24H,9-14H2,1-2H3;1-2H/b8-3-,23-17?;. The monoisotopic (exact) mass is 424 g/mol. The first kappa shape index (κ1) is 24.4. The maximum absolute atomic E-state index is 13.3. The quantitative estimate of drug-likeness (QED) is 0.327. The number of piperazine rings is 1. The Bertz CT molecular complexity index is 718. The van der Waals surface area contributed by atoms with E-state index in [9.17, 15) is 13.6 Å². The van der Waals surface area contributed by atoms with Crippen molar-refractivity contribution >= 4 is 29.0 Å². The third-order valence-electron chi connectivity index (χ3n) is 4.33. The van der Waals surface area contributed by atoms with E-state index in [4.69, 9.17) is 11.6 Å². The van der Waals surface area contributed by atoms with E-state index in [-0.39, 0.29) is 17.4 Å². The van der Waals surface area contributed by atoms with Crippen molar-refractivity contribution in [3.8, 4) is 12.8 Å². The van der Waals surface area contributed by atoms with Crippen LogP contribution in [0.4, 0.5) is 14.5 Å². The zero-order valence-electron chi connectivity index (χ0n) is 16.7. The molecule has 29 heavy (non-hydrogen) atoms. The topological polar surface area (TPSA) is 47.9 Å². The van der Waals surface area contributed by atoms with Gasteiger partial charge in [-0.1, -0.05) is 18.2 Å². The Kier molecular flexibility index (Phi) is 10.2. The number of benzene rings is 1. The third-order valence-corrected chi connectivity index (χ3v) is 4.56. The lowest BCUT2D eigenvalue weighted by atomic mass is 10.1. The molecule has 0 spiro atoms. The van der Waals surface area contributed by atoms with Crippen LogP contribution < -0.4 is 5.32 Å². The molecule has 1 saturated heterocycles. The van der Waals surface area contributed by atoms with Crippen molar-refractivity contribution in [1.82, 2.24) is 9.80 Å². The molecular formula is C21H27ClF2N4O. The van der Waals surface area contributed by atoms with Gasteiger partial charge in [0.15, 0.2) is 0 Å². The molecule has 1 N–H and O–H groups in total. The van der Waals surface area contributed by atoms with Crippen molar-refractivity contribution in [1.29, 1.82) is 0 Å².